The molecule has 0 spiro atoms. The summed E-state index contributed by atoms with van der Waals surface area (Å²) in [5, 5.41) is 50.7. The molecule has 11 rings (SSSR count). The van der Waals surface area contributed by atoms with E-state index in [0.717, 1.165) is 3.57 Å². The fourth-order valence-corrected chi connectivity index (χ4v) is 17.8. The summed E-state index contributed by atoms with van der Waals surface area (Å²) < 4.78 is 64.7. The number of nitrogens with zero attached hydrogens (tertiary/aromatic N) is 13. The average Bonchev–Trinajstić information content (AvgIpc) is 1.62. The van der Waals surface area contributed by atoms with Crippen LogP contribution >= 0.6 is 45.2 Å². The van der Waals surface area contributed by atoms with Crippen molar-refractivity contribution in [3.05, 3.63) is 104 Å². The number of amides is 3. The van der Waals surface area contributed by atoms with Gasteiger partial charge in [0.1, 0.15) is 49.2 Å². The third-order valence-corrected chi connectivity index (χ3v) is 42.3. The minimum Gasteiger partial charge on any atom is -0.468 e. The van der Waals surface area contributed by atoms with E-state index in [1.165, 1.54) is 39.2 Å². The zero-order chi connectivity index (χ0) is 87.8. The number of nitrogens with one attached hydrogen (secondary N) is 4. The molecule has 0 radical (unpaired) electrons. The number of carbonyl (C=O) groups excluding carboxylic acids is 3. The van der Waals surface area contributed by atoms with Crippen LogP contribution in [0.25, 0.3) is 33.5 Å². The Hall–Kier alpha value is -7.33. The van der Waals surface area contributed by atoms with Crippen LogP contribution in [0.15, 0.2) is 60.2 Å². The van der Waals surface area contributed by atoms with Crippen molar-refractivity contribution in [2.24, 2.45) is 0 Å². The zero-order valence-electron chi connectivity index (χ0n) is 71.7. The van der Waals surface area contributed by atoms with Gasteiger partial charge in [-0.15, -0.1) is 0 Å². The molecule has 6 N–H and O–H groups in total. The van der Waals surface area contributed by atoms with Crippen molar-refractivity contribution in [1.82, 2.24) is 58.6 Å². The van der Waals surface area contributed by atoms with Gasteiger partial charge in [0, 0.05) is 59.3 Å². The summed E-state index contributed by atoms with van der Waals surface area (Å²) in [6.45, 7) is 52.2. The predicted molar refractivity (Wildman–Crippen MR) is 471 cm³/mol. The van der Waals surface area contributed by atoms with E-state index >= 15 is 0 Å². The number of carbonyl (C=O) groups is 3. The van der Waals surface area contributed by atoms with Crippen LogP contribution in [0.4, 0.5) is 29.2 Å². The van der Waals surface area contributed by atoms with Gasteiger partial charge in [-0.05, 0) is 156 Å². The monoisotopic (exact) mass is 1930 g/mol. The number of rotatable bonds is 25. The van der Waals surface area contributed by atoms with Gasteiger partial charge < -0.3 is 51.6 Å². The first-order valence-corrected chi connectivity index (χ1v) is 52.7. The average molecular weight is 1930 g/mol. The fourth-order valence-electron chi connectivity index (χ4n) is 12.1. The minimum atomic E-state index is -2.19. The van der Waals surface area contributed by atoms with Crippen LogP contribution in [0.1, 0.15) is 179 Å². The summed E-state index contributed by atoms with van der Waals surface area (Å²) in [5.74, 6) is -0.990. The lowest BCUT2D eigenvalue weighted by Crippen LogP contribution is -2.48. The molecule has 6 aromatic heterocycles. The Morgan fingerprint density at radius 1 is 0.551 bits per heavy atom. The van der Waals surface area contributed by atoms with E-state index in [9.17, 15) is 49.6 Å². The van der Waals surface area contributed by atoms with Crippen LogP contribution in [0.3, 0.4) is 0 Å². The smallest absolute Gasteiger partial charge is 0.280 e. The number of ether oxygens (including phenoxy) is 5. The van der Waals surface area contributed by atoms with Crippen molar-refractivity contribution in [3.8, 4) is 11.8 Å². The lowest BCUT2D eigenvalue weighted by molar-refractivity contribution is -0.386. The molecule has 2 aromatic carbocycles. The fraction of sp³-hybridized carbons (Fsp3) is 0.605. The van der Waals surface area contributed by atoms with Crippen LogP contribution < -0.4 is 31.0 Å². The highest BCUT2D eigenvalue weighted by Crippen LogP contribution is 2.47. The molecule has 118 heavy (non-hydrogen) atoms. The number of nitro groups is 2. The number of hydrogen-bond donors (Lipinski definition) is 6. The van der Waals surface area contributed by atoms with Gasteiger partial charge in [0.25, 0.3) is 16.9 Å². The first-order valence-electron chi connectivity index (χ1n) is 38.9. The number of hydrogen-bond acceptors (Lipinski definition) is 27. The highest BCUT2D eigenvalue weighted by Gasteiger charge is 2.50. The maximum atomic E-state index is 12.5. The Bertz CT molecular complexity index is 5060. The number of halogens is 2. The third kappa shape index (κ3) is 22.3. The molecule has 0 aliphatic carbocycles. The summed E-state index contributed by atoms with van der Waals surface area (Å²) in [7, 11) is -8.36. The van der Waals surface area contributed by atoms with Crippen molar-refractivity contribution in [2.45, 2.75) is 277 Å². The summed E-state index contributed by atoms with van der Waals surface area (Å²) in [6.07, 6.45) is 0.137. The van der Waals surface area contributed by atoms with Gasteiger partial charge in [-0.2, -0.15) is 24.9 Å². The van der Waals surface area contributed by atoms with Crippen LogP contribution in [-0.4, -0.2) is 186 Å². The van der Waals surface area contributed by atoms with Crippen molar-refractivity contribution < 1.29 is 75.8 Å². The maximum Gasteiger partial charge on any atom is 0.280 e. The maximum absolute atomic E-state index is 12.5. The summed E-state index contributed by atoms with van der Waals surface area (Å²) in [5.41, 5.74) is 1.88. The molecule has 36 nitrogen and oxygen atoms in total. The number of fused-ring (bicyclic) bond motifs is 3. The molecule has 3 fully saturated rings. The Labute approximate surface area is 717 Å². The minimum absolute atomic E-state index is 0.00472. The first kappa shape index (κ1) is 94.5. The van der Waals surface area contributed by atoms with Crippen molar-refractivity contribution in [1.29, 1.82) is 0 Å². The molecule has 9 heterocycles. The summed E-state index contributed by atoms with van der Waals surface area (Å²) in [4.78, 5) is 108. The normalized spacial score (nSPS) is 20.7. The number of aliphatic hydroxyl groups excluding tert-OH is 2. The number of aromatic amines is 1. The van der Waals surface area contributed by atoms with E-state index in [0.29, 0.717) is 57.6 Å². The highest BCUT2D eigenvalue weighted by molar-refractivity contribution is 14.1. The van der Waals surface area contributed by atoms with E-state index in [1.807, 2.05) is 49.7 Å². The number of aliphatic hydroxyl groups is 2. The van der Waals surface area contributed by atoms with Gasteiger partial charge in [0.05, 0.1) is 78.1 Å². The molecule has 8 aromatic rings. The Morgan fingerprint density at radius 2 is 0.898 bits per heavy atom. The van der Waals surface area contributed by atoms with Crippen molar-refractivity contribution in [2.75, 3.05) is 35.8 Å². The Kier molecular flexibility index (Phi) is 29.5. The van der Waals surface area contributed by atoms with Gasteiger partial charge in [0.15, 0.2) is 66.8 Å². The predicted octanol–water partition coefficient (Wildman–Crippen LogP) is 15.0. The molecule has 3 amide bonds. The molecule has 3 aliphatic rings. The van der Waals surface area contributed by atoms with Crippen LogP contribution in [0, 0.1) is 27.4 Å². The van der Waals surface area contributed by atoms with Crippen LogP contribution in [0.2, 0.25) is 72.5 Å². The number of aromatic nitrogens is 12. The molecular weight excluding hydrogens is 1820 g/mol. The van der Waals surface area contributed by atoms with Crippen LogP contribution in [-0.2, 0) is 46.3 Å². The standard InChI is InChI=1S/C32H49IN6O7Si2.C24H43N5O5Si2.C20H21IN6O7/c1-19(22-14-13-21(33)15-23(22)39(41)42)44-29-27-28(36-30(37-29)35-20(2)40)38(18-34-27)26-16-24(46-48(11,12)32(6,7)8)25(45-26)17-43-47(9,10)31(3,4)5;1-15(30)26-22-27-20-19(21(31)28-22)25-14-29(20)18-12-16(34-36(10,11)24(5,6)7)17(33-18)13-32-35(8,9)23(2,3)4;1-9(12-4-3-11(21)5-13(12)27(31)32)33-19-17-18(24-20(25-19)23-10(2)29)26(8-22-17)16-6-14(30)15(7-28)34-16/h13-15,18-19,24-26H,16-17H2,1-12H3,(H,35,36,37,40);14,16-18H,12-13H2,1-11H3,(H2,26,27,28,30,31);3-5,8-9,14-16,28,30H,6-7H2,1-2H3,(H,23,24,25,29)/t19?,24-,25-,26-;16-,17-,18-;9?,14-,15-,16-/m111/s1. The van der Waals surface area contributed by atoms with Gasteiger partial charge in [-0.25, -0.2) is 15.0 Å². The van der Waals surface area contributed by atoms with Gasteiger partial charge in [0.2, 0.25) is 47.3 Å². The van der Waals surface area contributed by atoms with Crippen molar-refractivity contribution >= 4 is 159 Å². The van der Waals surface area contributed by atoms with E-state index in [1.54, 1.807) is 59.9 Å². The molecule has 3 aliphatic heterocycles. The molecule has 0 bridgehead atoms. The summed E-state index contributed by atoms with van der Waals surface area (Å²) in [6, 6.07) is 9.73. The van der Waals surface area contributed by atoms with E-state index in [-0.39, 0.29) is 127 Å². The molecule has 11 atom stereocenters. The first-order chi connectivity index (χ1) is 54.5. The molecule has 2 unspecified atom stereocenters. The Balaban J connectivity index is 0.000000206. The molecule has 3 saturated heterocycles. The Morgan fingerprint density at radius 3 is 1.24 bits per heavy atom. The lowest BCUT2D eigenvalue weighted by Gasteiger charge is -2.40. The number of imidazole rings is 3. The number of H-pyrrole nitrogens is 1. The van der Waals surface area contributed by atoms with E-state index in [2.05, 4.69) is 196 Å². The second-order valence-electron chi connectivity index (χ2n) is 35.9. The number of anilines is 3. The molecule has 646 valence electrons. The van der Waals surface area contributed by atoms with E-state index in [4.69, 9.17) is 41.4 Å². The largest absolute Gasteiger partial charge is 0.468 e. The number of benzene rings is 2. The highest BCUT2D eigenvalue weighted by atomic mass is 127. The molecule has 0 saturated carbocycles. The number of nitro benzene ring substituents is 2. The van der Waals surface area contributed by atoms with Gasteiger partial charge >= 0.3 is 0 Å². The lowest BCUT2D eigenvalue weighted by atomic mass is 10.1. The zero-order valence-corrected chi connectivity index (χ0v) is 80.0. The topological polar surface area (TPSA) is 448 Å². The SMILES string of the molecule is CC(=O)Nc1nc(OC(C)c2ccc(I)cc2[N+](=O)[O-])c2ncn([C@H]3C[C@@H](O)[C@@H](CO)O3)c2n1.CC(=O)Nc1nc(OC(C)c2ccc(I)cc2[N+](=O)[O-])c2ncn([C@H]3C[C@@H](O[Si](C)(C)C(C)(C)C)[C@@H](CO[Si](C)(C)C(C)(C)C)O3)c2n1.CC(=O)Nc1nc2c(ncn2[C@H]2C[C@@H](O[Si](C)(C)C(C)(C)C)[C@@H](CO[Si](C)(C)C(C)(C)C)O2)c(=O)[nH]1. The second-order valence-corrected chi connectivity index (χ2v) is 57.5. The summed E-state index contributed by atoms with van der Waals surface area (Å²) >= 11 is 4.02. The van der Waals surface area contributed by atoms with Gasteiger partial charge in [-0.1, -0.05) is 83.1 Å². The van der Waals surface area contributed by atoms with E-state index < -0.39 is 97.7 Å². The molecule has 42 heteroatoms. The second kappa shape index (κ2) is 36.8. The molecular formula is C76H113I2N17O19Si4. The van der Waals surface area contributed by atoms with Crippen molar-refractivity contribution in [3.63, 3.8) is 0 Å². The van der Waals surface area contributed by atoms with Crippen LogP contribution in [0.5, 0.6) is 11.8 Å². The van der Waals surface area contributed by atoms with Gasteiger partial charge in [-0.3, -0.25) is 74.0 Å². The quantitative estimate of drug-likeness (QED) is 0.0134. The third-order valence-electron chi connectivity index (χ3n) is 22.9.